The summed E-state index contributed by atoms with van der Waals surface area (Å²) in [6.07, 6.45) is -1.05. The number of rotatable bonds is 8. The summed E-state index contributed by atoms with van der Waals surface area (Å²) in [4.78, 5) is 31.9. The van der Waals surface area contributed by atoms with Crippen molar-refractivity contribution in [2.75, 3.05) is 26.1 Å². The van der Waals surface area contributed by atoms with E-state index in [1.807, 2.05) is 0 Å². The lowest BCUT2D eigenvalue weighted by Crippen LogP contribution is -2.36. The zero-order valence-electron chi connectivity index (χ0n) is 20.0. The van der Waals surface area contributed by atoms with Crippen molar-refractivity contribution in [1.82, 2.24) is 9.88 Å². The third-order valence-electron chi connectivity index (χ3n) is 5.31. The van der Waals surface area contributed by atoms with Crippen LogP contribution in [0.2, 0.25) is 0 Å². The summed E-state index contributed by atoms with van der Waals surface area (Å²) < 4.78 is 49.6. The Morgan fingerprint density at radius 2 is 1.92 bits per heavy atom. The van der Waals surface area contributed by atoms with Crippen molar-refractivity contribution in [2.24, 2.45) is 0 Å². The van der Waals surface area contributed by atoms with Gasteiger partial charge in [-0.1, -0.05) is 48.2 Å². The molecule has 1 aromatic heterocycles. The lowest BCUT2D eigenvalue weighted by molar-refractivity contribution is -0.137. The number of ether oxygens (including phenoxy) is 2. The number of thioether (sulfide) groups is 1. The summed E-state index contributed by atoms with van der Waals surface area (Å²) in [5.41, 5.74) is 0.445. The molecule has 198 valence electrons. The van der Waals surface area contributed by atoms with Gasteiger partial charge in [-0.3, -0.25) is 14.5 Å². The molecule has 0 bridgehead atoms. The monoisotopic (exact) mass is 579 g/mol. The van der Waals surface area contributed by atoms with Gasteiger partial charge in [0, 0.05) is 17.5 Å². The maximum Gasteiger partial charge on any atom is 0.416 e. The number of thiazole rings is 1. The van der Waals surface area contributed by atoms with Crippen LogP contribution in [0.4, 0.5) is 18.3 Å². The van der Waals surface area contributed by atoms with Crippen LogP contribution in [-0.2, 0) is 22.2 Å². The first-order valence-electron chi connectivity index (χ1n) is 11.0. The number of benzene rings is 2. The number of carbonyl (C=O) groups is 2. The number of nitrogens with zero attached hydrogens (tertiary/aromatic N) is 2. The van der Waals surface area contributed by atoms with Crippen LogP contribution < -0.4 is 14.8 Å². The van der Waals surface area contributed by atoms with Gasteiger partial charge < -0.3 is 14.8 Å². The third-order valence-corrected chi connectivity index (χ3v) is 7.60. The summed E-state index contributed by atoms with van der Waals surface area (Å²) in [7, 11) is 3.03. The molecule has 1 saturated heterocycles. The van der Waals surface area contributed by atoms with Crippen molar-refractivity contribution in [1.29, 1.82) is 0 Å². The van der Waals surface area contributed by atoms with E-state index in [4.69, 9.17) is 21.7 Å². The van der Waals surface area contributed by atoms with Crippen molar-refractivity contribution in [3.05, 3.63) is 75.1 Å². The molecule has 0 spiro atoms. The molecular weight excluding hydrogens is 559 g/mol. The summed E-state index contributed by atoms with van der Waals surface area (Å²) >= 11 is 7.52. The van der Waals surface area contributed by atoms with Crippen LogP contribution in [0.3, 0.4) is 0 Å². The molecule has 7 nitrogen and oxygen atoms in total. The maximum atomic E-state index is 13.0. The van der Waals surface area contributed by atoms with Gasteiger partial charge in [0.05, 0.1) is 24.7 Å². The van der Waals surface area contributed by atoms with E-state index in [2.05, 4.69) is 10.3 Å². The predicted molar refractivity (Wildman–Crippen MR) is 144 cm³/mol. The first kappa shape index (κ1) is 27.6. The Kier molecular flexibility index (Phi) is 8.38. The Balaban J connectivity index is 1.38. The Hall–Kier alpha value is -3.42. The quantitative estimate of drug-likeness (QED) is 0.275. The molecule has 1 aliphatic rings. The number of alkyl halides is 3. The molecule has 0 radical (unpaired) electrons. The first-order valence-corrected chi connectivity index (χ1v) is 13.0. The average Bonchev–Trinajstić information content (AvgIpc) is 3.42. The maximum absolute atomic E-state index is 13.0. The Bertz CT molecular complexity index is 1420. The highest BCUT2D eigenvalue weighted by Gasteiger charge is 2.34. The highest BCUT2D eigenvalue weighted by molar-refractivity contribution is 8.26. The number of methoxy groups -OCH3 is 2. The normalized spacial score (nSPS) is 14.8. The molecule has 0 atom stereocenters. The fraction of sp³-hybridized carbons (Fsp3) is 0.200. The van der Waals surface area contributed by atoms with Crippen LogP contribution in [0.1, 0.15) is 21.6 Å². The highest BCUT2D eigenvalue weighted by atomic mass is 32.2. The number of halogens is 3. The van der Waals surface area contributed by atoms with Crippen molar-refractivity contribution in [3.8, 4) is 11.5 Å². The summed E-state index contributed by atoms with van der Waals surface area (Å²) in [5, 5.41) is 2.89. The fourth-order valence-electron chi connectivity index (χ4n) is 3.54. The molecule has 13 heteroatoms. The van der Waals surface area contributed by atoms with Gasteiger partial charge in [0.1, 0.15) is 10.9 Å². The van der Waals surface area contributed by atoms with Gasteiger partial charge in [0.15, 0.2) is 16.6 Å². The van der Waals surface area contributed by atoms with E-state index >= 15 is 0 Å². The number of hydrogen-bond donors (Lipinski definition) is 1. The molecular formula is C25H20F3N3O4S3. The molecule has 1 N–H and O–H groups in total. The van der Waals surface area contributed by atoms with E-state index in [9.17, 15) is 22.8 Å². The number of hydrogen-bond acceptors (Lipinski definition) is 8. The second-order valence-electron chi connectivity index (χ2n) is 7.94. The van der Waals surface area contributed by atoms with Gasteiger partial charge in [-0.2, -0.15) is 13.2 Å². The minimum Gasteiger partial charge on any atom is -0.493 e. The minimum atomic E-state index is -4.43. The number of thiocarbonyl (C=S) groups is 1. The van der Waals surface area contributed by atoms with E-state index in [0.29, 0.717) is 32.4 Å². The number of aromatic nitrogens is 1. The van der Waals surface area contributed by atoms with E-state index < -0.39 is 23.6 Å². The van der Waals surface area contributed by atoms with Crippen LogP contribution in [0, 0.1) is 0 Å². The molecule has 2 amide bonds. The van der Waals surface area contributed by atoms with Crippen molar-refractivity contribution >= 4 is 62.7 Å². The van der Waals surface area contributed by atoms with Crippen LogP contribution in [-0.4, -0.2) is 46.8 Å². The molecule has 0 unspecified atom stereocenters. The minimum absolute atomic E-state index is 0.229. The van der Waals surface area contributed by atoms with Crippen molar-refractivity contribution in [2.45, 2.75) is 12.6 Å². The standard InChI is InChI=1S/C25H20F3N3O4S3/c1-34-18-7-6-15(10-19(18)35-2)11-20-22(33)31(24(36)38-20)13-21(32)30-23-29-12-17(37-23)9-14-4-3-5-16(8-14)25(26,27)28/h3-8,10-12H,9,13H2,1-2H3,(H,29,30,32). The zero-order chi connectivity index (χ0) is 27.4. The molecule has 0 saturated carbocycles. The van der Waals surface area contributed by atoms with Crippen LogP contribution in [0.25, 0.3) is 6.08 Å². The largest absolute Gasteiger partial charge is 0.493 e. The van der Waals surface area contributed by atoms with Crippen molar-refractivity contribution < 1.29 is 32.2 Å². The molecule has 4 rings (SSSR count). The Morgan fingerprint density at radius 3 is 2.63 bits per heavy atom. The molecule has 3 aromatic rings. The Morgan fingerprint density at radius 1 is 1.16 bits per heavy atom. The number of anilines is 1. The molecule has 2 heterocycles. The zero-order valence-corrected chi connectivity index (χ0v) is 22.4. The van der Waals surface area contributed by atoms with Gasteiger partial charge in [0.2, 0.25) is 5.91 Å². The van der Waals surface area contributed by atoms with E-state index in [1.54, 1.807) is 30.3 Å². The van der Waals surface area contributed by atoms with Crippen LogP contribution >= 0.6 is 35.3 Å². The summed E-state index contributed by atoms with van der Waals surface area (Å²) in [6.45, 7) is -0.309. The smallest absolute Gasteiger partial charge is 0.416 e. The van der Waals surface area contributed by atoms with Gasteiger partial charge in [0.25, 0.3) is 5.91 Å². The van der Waals surface area contributed by atoms with Gasteiger partial charge in [-0.05, 0) is 35.4 Å². The van der Waals surface area contributed by atoms with Gasteiger partial charge in [-0.25, -0.2) is 4.98 Å². The topological polar surface area (TPSA) is 80.8 Å². The summed E-state index contributed by atoms with van der Waals surface area (Å²) in [6, 6.07) is 10.2. The van der Waals surface area contributed by atoms with E-state index in [0.717, 1.165) is 35.2 Å². The average molecular weight is 580 g/mol. The van der Waals surface area contributed by atoms with Crippen molar-refractivity contribution in [3.63, 3.8) is 0 Å². The number of carbonyl (C=O) groups excluding carboxylic acids is 2. The lowest BCUT2D eigenvalue weighted by atomic mass is 10.1. The SMILES string of the molecule is COc1ccc(C=C2SC(=S)N(CC(=O)Nc3ncc(Cc4cccc(C(F)(F)F)c4)s3)C2=O)cc1OC. The first-order chi connectivity index (χ1) is 18.1. The molecule has 38 heavy (non-hydrogen) atoms. The van der Waals surface area contributed by atoms with E-state index in [1.165, 1.54) is 31.4 Å². The lowest BCUT2D eigenvalue weighted by Gasteiger charge is -2.13. The van der Waals surface area contributed by atoms with Gasteiger partial charge >= 0.3 is 6.18 Å². The molecule has 1 fully saturated rings. The summed E-state index contributed by atoms with van der Waals surface area (Å²) in [5.74, 6) is 0.143. The molecule has 1 aliphatic heterocycles. The molecule has 2 aromatic carbocycles. The number of nitrogens with one attached hydrogen (secondary N) is 1. The van der Waals surface area contributed by atoms with Gasteiger partial charge in [-0.15, -0.1) is 11.3 Å². The Labute approximate surface area is 229 Å². The second-order valence-corrected chi connectivity index (χ2v) is 10.7. The van der Waals surface area contributed by atoms with E-state index in [-0.39, 0.29) is 22.4 Å². The highest BCUT2D eigenvalue weighted by Crippen LogP contribution is 2.35. The second kappa shape index (κ2) is 11.5. The van der Waals surface area contributed by atoms with Crippen LogP contribution in [0.5, 0.6) is 11.5 Å². The third kappa shape index (κ3) is 6.52. The van der Waals surface area contributed by atoms with Crippen LogP contribution in [0.15, 0.2) is 53.6 Å². The fourth-order valence-corrected chi connectivity index (χ4v) is 5.66. The molecule has 0 aliphatic carbocycles. The number of amides is 2. The predicted octanol–water partition coefficient (Wildman–Crippen LogP) is 5.61.